The van der Waals surface area contributed by atoms with Crippen LogP contribution in [0.5, 0.6) is 5.75 Å². The first kappa shape index (κ1) is 38.8. The second-order valence-electron chi connectivity index (χ2n) is 10.2. The lowest BCUT2D eigenvalue weighted by Crippen LogP contribution is -2.53. The molecule has 0 spiro atoms. The van der Waals surface area contributed by atoms with Crippen molar-refractivity contribution in [2.75, 3.05) is 26.2 Å². The van der Waals surface area contributed by atoms with Crippen LogP contribution in [0.2, 0.25) is 0 Å². The number of amides is 3. The number of guanidine groups is 1. The number of aromatic hydroxyl groups is 1. The predicted octanol–water partition coefficient (Wildman–Crippen LogP) is 0.397. The zero-order chi connectivity index (χ0) is 34.6. The Kier molecular flexibility index (Phi) is 17.4. The lowest BCUT2D eigenvalue weighted by molar-refractivity contribution is -0.384. The monoisotopic (exact) mass is 644 g/mol. The fraction of sp³-hybridized carbons (Fsp3) is 0.433. The molecule has 2 rings (SSSR count). The quantitative estimate of drug-likeness (QED) is 0.0407. The summed E-state index contributed by atoms with van der Waals surface area (Å²) in [7, 11) is 0. The van der Waals surface area contributed by atoms with Gasteiger partial charge in [0.15, 0.2) is 5.96 Å². The molecule has 10 N–H and O–H groups in total. The van der Waals surface area contributed by atoms with Crippen LogP contribution >= 0.6 is 0 Å². The highest BCUT2D eigenvalue weighted by molar-refractivity contribution is 5.91. The molecule has 0 aliphatic rings. The molecular weight excluding hydrogens is 600 g/mol. The number of hydrogen-bond donors (Lipinski definition) is 7. The zero-order valence-corrected chi connectivity index (χ0v) is 26.1. The van der Waals surface area contributed by atoms with Crippen LogP contribution in [0.1, 0.15) is 44.2 Å². The Morgan fingerprint density at radius 3 is 2.13 bits per heavy atom. The number of carboxylic acids is 1. The van der Waals surface area contributed by atoms with Gasteiger partial charge in [0, 0.05) is 38.7 Å². The average molecular weight is 645 g/mol. The number of phenolic OH excluding ortho intramolecular Hbond substituents is 1. The fourth-order valence-electron chi connectivity index (χ4n) is 4.15. The van der Waals surface area contributed by atoms with Crippen molar-refractivity contribution in [2.24, 2.45) is 22.2 Å². The number of likely N-dealkylation sites (N-methyl/N-ethyl adjacent to an activating group) is 1. The van der Waals surface area contributed by atoms with Crippen LogP contribution in [0.15, 0.2) is 53.5 Å². The third-order valence-corrected chi connectivity index (χ3v) is 6.50. The lowest BCUT2D eigenvalue weighted by Gasteiger charge is -2.23. The molecule has 0 unspecified atom stereocenters. The van der Waals surface area contributed by atoms with Gasteiger partial charge in [-0.15, -0.1) is 0 Å². The maximum absolute atomic E-state index is 13.0. The van der Waals surface area contributed by atoms with Gasteiger partial charge in [-0.25, -0.2) is 0 Å². The van der Waals surface area contributed by atoms with E-state index in [4.69, 9.17) is 27.1 Å². The molecular formula is C30H44N8O8. The number of carboxylic acid groups (broad SMARTS) is 1. The Balaban J connectivity index is 0.00000249. The number of aliphatic imine (C=N–C) groups is 1. The van der Waals surface area contributed by atoms with E-state index >= 15 is 0 Å². The molecule has 2 atom stereocenters. The van der Waals surface area contributed by atoms with E-state index in [0.717, 1.165) is 18.1 Å². The van der Waals surface area contributed by atoms with Gasteiger partial charge < -0.3 is 42.9 Å². The molecule has 16 nitrogen and oxygen atoms in total. The van der Waals surface area contributed by atoms with Gasteiger partial charge in [0.1, 0.15) is 11.8 Å². The first-order valence-electron chi connectivity index (χ1n) is 14.6. The molecule has 252 valence electrons. The Morgan fingerprint density at radius 2 is 1.59 bits per heavy atom. The van der Waals surface area contributed by atoms with Crippen molar-refractivity contribution in [1.82, 2.24) is 15.5 Å². The second kappa shape index (κ2) is 20.7. The van der Waals surface area contributed by atoms with E-state index in [1.165, 1.54) is 24.3 Å². The van der Waals surface area contributed by atoms with E-state index in [-0.39, 0.29) is 49.2 Å². The summed E-state index contributed by atoms with van der Waals surface area (Å²) in [6, 6.07) is 10.6. The Morgan fingerprint density at radius 1 is 1.00 bits per heavy atom. The number of aliphatic carboxylic acids is 1. The number of rotatable bonds is 17. The number of nitro benzene ring substituents is 1. The first-order valence-corrected chi connectivity index (χ1v) is 14.6. The van der Waals surface area contributed by atoms with E-state index in [2.05, 4.69) is 15.6 Å². The van der Waals surface area contributed by atoms with Crippen LogP contribution in [0, 0.1) is 10.1 Å². The molecule has 0 bridgehead atoms. The third-order valence-electron chi connectivity index (χ3n) is 6.50. The van der Waals surface area contributed by atoms with Gasteiger partial charge in [0.05, 0.1) is 17.5 Å². The number of benzene rings is 2. The Bertz CT molecular complexity index is 1310. The minimum atomic E-state index is -0.970. The fourth-order valence-corrected chi connectivity index (χ4v) is 4.15. The Hall–Kier alpha value is -5.25. The predicted molar refractivity (Wildman–Crippen MR) is 172 cm³/mol. The van der Waals surface area contributed by atoms with Crippen LogP contribution in [0.3, 0.4) is 0 Å². The number of nitrogens with zero attached hydrogens (tertiary/aromatic N) is 3. The van der Waals surface area contributed by atoms with E-state index in [1.54, 1.807) is 29.2 Å². The summed E-state index contributed by atoms with van der Waals surface area (Å²) in [5.41, 5.74) is 18.5. The molecule has 3 amide bonds. The topological polar surface area (TPSA) is 270 Å². The summed E-state index contributed by atoms with van der Waals surface area (Å²) in [5, 5.41) is 32.9. The maximum Gasteiger partial charge on any atom is 0.300 e. The molecule has 0 saturated carbocycles. The van der Waals surface area contributed by atoms with E-state index in [0.29, 0.717) is 32.4 Å². The molecule has 2 aromatic carbocycles. The van der Waals surface area contributed by atoms with Crippen molar-refractivity contribution in [1.29, 1.82) is 0 Å². The van der Waals surface area contributed by atoms with Crippen LogP contribution in [0.25, 0.3) is 0 Å². The highest BCUT2D eigenvalue weighted by Crippen LogP contribution is 2.14. The molecule has 0 fully saturated rings. The van der Waals surface area contributed by atoms with Crippen LogP contribution in [-0.2, 0) is 32.0 Å². The van der Waals surface area contributed by atoms with E-state index in [1.807, 2.05) is 6.92 Å². The van der Waals surface area contributed by atoms with Gasteiger partial charge in [0.2, 0.25) is 17.7 Å². The van der Waals surface area contributed by atoms with Crippen molar-refractivity contribution in [2.45, 2.75) is 58.0 Å². The standard InChI is InChI=1S/C28H40N8O6.C2H4O2/c1-2-35(16-4-5-19-7-11-21(12-8-19)36(41)42)25(38)18-33-27(40)24(6-3-15-32-28(30)31)34-26(39)23(29)17-20-9-13-22(37)14-10-20;1-2(3)4/h7-14,23-24,37H,2-6,15-18,29H2,1H3,(H,33,40)(H,34,39)(H4,30,31,32);1H3,(H,3,4)/t23-,24+;/m0./s1. The molecule has 0 aromatic heterocycles. The number of nitro groups is 1. The Labute approximate surface area is 267 Å². The summed E-state index contributed by atoms with van der Waals surface area (Å²) in [6.45, 7) is 3.77. The number of phenols is 1. The second-order valence-corrected chi connectivity index (χ2v) is 10.2. The average Bonchev–Trinajstić information content (AvgIpc) is 3.00. The van der Waals surface area contributed by atoms with Crippen molar-refractivity contribution in [3.63, 3.8) is 0 Å². The van der Waals surface area contributed by atoms with Crippen molar-refractivity contribution in [3.8, 4) is 5.75 Å². The third kappa shape index (κ3) is 16.0. The van der Waals surface area contributed by atoms with Gasteiger partial charge in [-0.3, -0.25) is 34.3 Å². The largest absolute Gasteiger partial charge is 0.508 e. The van der Waals surface area contributed by atoms with Crippen LogP contribution < -0.4 is 27.8 Å². The number of carbonyl (C=O) groups is 4. The van der Waals surface area contributed by atoms with Crippen LogP contribution in [0.4, 0.5) is 5.69 Å². The summed E-state index contributed by atoms with van der Waals surface area (Å²) in [4.78, 5) is 63.5. The van der Waals surface area contributed by atoms with Gasteiger partial charge >= 0.3 is 0 Å². The number of hydrogen-bond acceptors (Lipinski definition) is 9. The van der Waals surface area contributed by atoms with E-state index in [9.17, 15) is 29.6 Å². The summed E-state index contributed by atoms with van der Waals surface area (Å²) in [5.74, 6) is -2.20. The molecule has 0 radical (unpaired) electrons. The smallest absolute Gasteiger partial charge is 0.300 e. The molecule has 46 heavy (non-hydrogen) atoms. The van der Waals surface area contributed by atoms with E-state index < -0.39 is 34.8 Å². The zero-order valence-electron chi connectivity index (χ0n) is 26.1. The normalized spacial score (nSPS) is 11.5. The molecule has 16 heteroatoms. The molecule has 0 aliphatic carbocycles. The molecule has 0 heterocycles. The summed E-state index contributed by atoms with van der Waals surface area (Å²) < 4.78 is 0. The minimum absolute atomic E-state index is 0.0184. The number of nitrogens with one attached hydrogen (secondary N) is 2. The number of nitrogens with two attached hydrogens (primary N) is 3. The number of carbonyl (C=O) groups excluding carboxylic acids is 3. The summed E-state index contributed by atoms with van der Waals surface area (Å²) in [6.07, 6.45) is 2.05. The first-order chi connectivity index (χ1) is 21.7. The minimum Gasteiger partial charge on any atom is -0.508 e. The van der Waals surface area contributed by atoms with Crippen LogP contribution in [-0.4, -0.2) is 87.9 Å². The molecule has 2 aromatic rings. The van der Waals surface area contributed by atoms with Crippen molar-refractivity contribution < 1.29 is 34.3 Å². The SMILES string of the molecule is CC(=O)O.CCN(CCCc1ccc([N+](=O)[O-])cc1)C(=O)CNC(=O)[C@@H](CCCN=C(N)N)NC(=O)[C@@H](N)Cc1ccc(O)cc1. The molecule has 0 aliphatic heterocycles. The van der Waals surface area contributed by atoms with Gasteiger partial charge in [-0.2, -0.15) is 0 Å². The van der Waals surface area contributed by atoms with Crippen molar-refractivity contribution >= 4 is 35.3 Å². The summed E-state index contributed by atoms with van der Waals surface area (Å²) >= 11 is 0. The van der Waals surface area contributed by atoms with Crippen molar-refractivity contribution in [3.05, 3.63) is 69.8 Å². The number of aryl methyl sites for hydroxylation is 1. The van der Waals surface area contributed by atoms with Gasteiger partial charge in [-0.05, 0) is 62.3 Å². The number of non-ortho nitro benzene ring substituents is 1. The van der Waals surface area contributed by atoms with Gasteiger partial charge in [0.25, 0.3) is 11.7 Å². The highest BCUT2D eigenvalue weighted by atomic mass is 16.6. The van der Waals surface area contributed by atoms with Gasteiger partial charge in [-0.1, -0.05) is 24.3 Å². The highest BCUT2D eigenvalue weighted by Gasteiger charge is 2.25. The maximum atomic E-state index is 13.0. The molecule has 0 saturated heterocycles. The lowest BCUT2D eigenvalue weighted by atomic mass is 10.0.